The number of rotatable bonds is 7. The molecule has 26 heavy (non-hydrogen) atoms. The van der Waals surface area contributed by atoms with Crippen LogP contribution < -0.4 is 14.8 Å². The molecule has 0 aliphatic rings. The lowest BCUT2D eigenvalue weighted by Gasteiger charge is -2.14. The predicted molar refractivity (Wildman–Crippen MR) is 99.7 cm³/mol. The van der Waals surface area contributed by atoms with Gasteiger partial charge in [0.2, 0.25) is 0 Å². The molecule has 0 heterocycles. The maximum atomic E-state index is 12.5. The van der Waals surface area contributed by atoms with Gasteiger partial charge in [0.05, 0.1) is 29.5 Å². The van der Waals surface area contributed by atoms with Crippen molar-refractivity contribution in [3.05, 3.63) is 52.5 Å². The van der Waals surface area contributed by atoms with Crippen LogP contribution in [0.25, 0.3) is 0 Å². The van der Waals surface area contributed by atoms with E-state index in [1.807, 2.05) is 13.8 Å². The summed E-state index contributed by atoms with van der Waals surface area (Å²) in [6.07, 6.45) is 0.961. The first-order valence-corrected chi connectivity index (χ1v) is 8.42. The van der Waals surface area contributed by atoms with E-state index in [2.05, 4.69) is 5.32 Å². The largest absolute Gasteiger partial charge is 0.493 e. The summed E-state index contributed by atoms with van der Waals surface area (Å²) in [5.74, 6) is -0.709. The zero-order valence-corrected chi connectivity index (χ0v) is 15.5. The van der Waals surface area contributed by atoms with Crippen molar-refractivity contribution < 1.29 is 24.2 Å². The molecular weight excluding hydrogens is 358 g/mol. The number of hydrogen-bond acceptors (Lipinski definition) is 4. The van der Waals surface area contributed by atoms with E-state index in [0.717, 1.165) is 6.42 Å². The number of carboxylic acid groups (broad SMARTS) is 1. The first-order valence-electron chi connectivity index (χ1n) is 8.04. The second-order valence-electron chi connectivity index (χ2n) is 5.66. The monoisotopic (exact) mass is 377 g/mol. The maximum absolute atomic E-state index is 12.5. The summed E-state index contributed by atoms with van der Waals surface area (Å²) in [5, 5.41) is 11.9. The first kappa shape index (κ1) is 19.6. The van der Waals surface area contributed by atoms with Gasteiger partial charge in [0.15, 0.2) is 5.75 Å². The Morgan fingerprint density at radius 2 is 1.85 bits per heavy atom. The third-order valence-corrected chi connectivity index (χ3v) is 4.05. The van der Waals surface area contributed by atoms with Crippen LogP contribution in [0.4, 0.5) is 5.69 Å². The molecule has 0 aromatic heterocycles. The highest BCUT2D eigenvalue weighted by atomic mass is 35.5. The lowest BCUT2D eigenvalue weighted by molar-refractivity contribution is 0.0696. The molecule has 0 bridgehead atoms. The maximum Gasteiger partial charge on any atom is 0.335 e. The zero-order valence-electron chi connectivity index (χ0n) is 14.7. The molecule has 1 atom stereocenters. The van der Waals surface area contributed by atoms with Crippen LogP contribution in [-0.2, 0) is 0 Å². The van der Waals surface area contributed by atoms with Gasteiger partial charge in [-0.1, -0.05) is 18.5 Å². The van der Waals surface area contributed by atoms with Gasteiger partial charge < -0.3 is 19.9 Å². The molecule has 0 aliphatic heterocycles. The van der Waals surface area contributed by atoms with Crippen LogP contribution in [0.1, 0.15) is 41.0 Å². The Bertz CT molecular complexity index is 804. The summed E-state index contributed by atoms with van der Waals surface area (Å²) >= 11 is 6.03. The van der Waals surface area contributed by atoms with E-state index >= 15 is 0 Å². The molecule has 1 amide bonds. The van der Waals surface area contributed by atoms with Crippen LogP contribution >= 0.6 is 11.6 Å². The zero-order chi connectivity index (χ0) is 19.3. The number of hydrogen-bond donors (Lipinski definition) is 2. The molecule has 2 rings (SSSR count). The number of benzene rings is 2. The highest BCUT2D eigenvalue weighted by molar-refractivity contribution is 6.33. The molecule has 0 fully saturated rings. The average Bonchev–Trinajstić information content (AvgIpc) is 2.61. The van der Waals surface area contributed by atoms with Crippen LogP contribution in [-0.4, -0.2) is 30.2 Å². The Morgan fingerprint density at radius 1 is 1.19 bits per heavy atom. The third kappa shape index (κ3) is 4.67. The van der Waals surface area contributed by atoms with Crippen molar-refractivity contribution in [3.8, 4) is 11.5 Å². The smallest absolute Gasteiger partial charge is 0.335 e. The van der Waals surface area contributed by atoms with E-state index < -0.39 is 11.9 Å². The summed E-state index contributed by atoms with van der Waals surface area (Å²) in [4.78, 5) is 23.7. The molecule has 0 saturated heterocycles. The fourth-order valence-electron chi connectivity index (χ4n) is 2.21. The minimum Gasteiger partial charge on any atom is -0.493 e. The summed E-state index contributed by atoms with van der Waals surface area (Å²) in [5.41, 5.74) is 0.520. The number of aromatic carboxylic acids is 1. The number of amides is 1. The van der Waals surface area contributed by atoms with Gasteiger partial charge in [-0.25, -0.2) is 4.79 Å². The van der Waals surface area contributed by atoms with Crippen LogP contribution in [0.5, 0.6) is 11.5 Å². The molecular formula is C19H20ClNO5. The highest BCUT2D eigenvalue weighted by Gasteiger charge is 2.17. The highest BCUT2D eigenvalue weighted by Crippen LogP contribution is 2.34. The topological polar surface area (TPSA) is 84.9 Å². The van der Waals surface area contributed by atoms with Gasteiger partial charge in [0.25, 0.3) is 5.91 Å². The third-order valence-electron chi connectivity index (χ3n) is 3.77. The summed E-state index contributed by atoms with van der Waals surface area (Å²) in [6.45, 7) is 3.99. The van der Waals surface area contributed by atoms with Crippen LogP contribution in [0.15, 0.2) is 36.4 Å². The molecule has 2 N–H and O–H groups in total. The van der Waals surface area contributed by atoms with Crippen LogP contribution in [0.2, 0.25) is 5.02 Å². The number of carboxylic acids is 1. The molecule has 0 radical (unpaired) electrons. The van der Waals surface area contributed by atoms with Gasteiger partial charge in [-0.05, 0) is 49.7 Å². The molecule has 0 spiro atoms. The fourth-order valence-corrected chi connectivity index (χ4v) is 2.51. The number of carbonyl (C=O) groups excluding carboxylic acids is 1. The van der Waals surface area contributed by atoms with E-state index in [0.29, 0.717) is 11.3 Å². The van der Waals surface area contributed by atoms with Crippen molar-refractivity contribution in [2.75, 3.05) is 12.4 Å². The first-order chi connectivity index (χ1) is 12.3. The molecule has 6 nitrogen and oxygen atoms in total. The second-order valence-corrected chi connectivity index (χ2v) is 6.07. The second kappa shape index (κ2) is 8.58. The lowest BCUT2D eigenvalue weighted by Crippen LogP contribution is -2.14. The Kier molecular flexibility index (Phi) is 6.46. The molecule has 2 aromatic carbocycles. The quantitative estimate of drug-likeness (QED) is 0.743. The van der Waals surface area contributed by atoms with Gasteiger partial charge >= 0.3 is 5.97 Å². The molecule has 138 valence electrons. The van der Waals surface area contributed by atoms with E-state index in [-0.39, 0.29) is 28.1 Å². The minimum absolute atomic E-state index is 0.0524. The standard InChI is InChI=1S/C19H20ClNO5/c1-4-11(2)26-14-7-5-12(6-8-14)18(22)21-16-10-13(19(23)24)9-15(20)17(16)25-3/h5-11H,4H2,1-3H3,(H,21,22)(H,23,24). The average molecular weight is 378 g/mol. The van der Waals surface area contributed by atoms with Gasteiger partial charge in [-0.2, -0.15) is 0 Å². The number of nitrogens with one attached hydrogen (secondary N) is 1. The molecule has 0 saturated carbocycles. The predicted octanol–water partition coefficient (Wildman–Crippen LogP) is 4.48. The SMILES string of the molecule is CCC(C)Oc1ccc(C(=O)Nc2cc(C(=O)O)cc(Cl)c2OC)cc1. The van der Waals surface area contributed by atoms with E-state index in [4.69, 9.17) is 26.2 Å². The Hall–Kier alpha value is -2.73. The van der Waals surface area contributed by atoms with Crippen molar-refractivity contribution in [2.45, 2.75) is 26.4 Å². The minimum atomic E-state index is -1.16. The summed E-state index contributed by atoms with van der Waals surface area (Å²) in [7, 11) is 1.39. The van der Waals surface area contributed by atoms with Gasteiger partial charge in [0, 0.05) is 5.56 Å². The number of ether oxygens (including phenoxy) is 2. The normalized spacial score (nSPS) is 11.5. The van der Waals surface area contributed by atoms with E-state index in [1.54, 1.807) is 24.3 Å². The van der Waals surface area contributed by atoms with Crippen LogP contribution in [0.3, 0.4) is 0 Å². The molecule has 0 aliphatic carbocycles. The number of anilines is 1. The van der Waals surface area contributed by atoms with E-state index in [9.17, 15) is 9.59 Å². The van der Waals surface area contributed by atoms with Crippen molar-refractivity contribution in [3.63, 3.8) is 0 Å². The molecule has 7 heteroatoms. The lowest BCUT2D eigenvalue weighted by atomic mass is 10.1. The number of carbonyl (C=O) groups is 2. The Labute approximate surface area is 156 Å². The Morgan fingerprint density at radius 3 is 2.38 bits per heavy atom. The summed E-state index contributed by atoms with van der Waals surface area (Å²) in [6, 6.07) is 9.23. The Balaban J connectivity index is 2.22. The number of halogens is 1. The van der Waals surface area contributed by atoms with Gasteiger partial charge in [0.1, 0.15) is 5.75 Å². The van der Waals surface area contributed by atoms with Crippen molar-refractivity contribution in [1.82, 2.24) is 0 Å². The van der Waals surface area contributed by atoms with Gasteiger partial charge in [-0.3, -0.25) is 4.79 Å². The van der Waals surface area contributed by atoms with Crippen molar-refractivity contribution in [1.29, 1.82) is 0 Å². The van der Waals surface area contributed by atoms with Crippen molar-refractivity contribution >= 4 is 29.2 Å². The fraction of sp³-hybridized carbons (Fsp3) is 0.263. The molecule has 2 aromatic rings. The number of methoxy groups -OCH3 is 1. The molecule has 1 unspecified atom stereocenters. The van der Waals surface area contributed by atoms with Crippen LogP contribution in [0, 0.1) is 0 Å². The van der Waals surface area contributed by atoms with Crippen molar-refractivity contribution in [2.24, 2.45) is 0 Å². The summed E-state index contributed by atoms with van der Waals surface area (Å²) < 4.78 is 10.8. The van der Waals surface area contributed by atoms with Gasteiger partial charge in [-0.15, -0.1) is 0 Å². The van der Waals surface area contributed by atoms with E-state index in [1.165, 1.54) is 19.2 Å².